The molecule has 5 heteroatoms. The number of nitrogens with one attached hydrogen (secondary N) is 2. The minimum Gasteiger partial charge on any atom is -0.355 e. The van der Waals surface area contributed by atoms with E-state index in [4.69, 9.17) is 0 Å². The summed E-state index contributed by atoms with van der Waals surface area (Å²) in [6.45, 7) is 1.47. The molecule has 2 amide bonds. The first-order chi connectivity index (χ1) is 8.63. The van der Waals surface area contributed by atoms with Crippen molar-refractivity contribution in [2.75, 3.05) is 12.4 Å². The number of hydrogen-bond acceptors (Lipinski definition) is 3. The van der Waals surface area contributed by atoms with E-state index < -0.39 is 0 Å². The van der Waals surface area contributed by atoms with Crippen LogP contribution in [0.3, 0.4) is 0 Å². The zero-order chi connectivity index (χ0) is 13.1. The first kappa shape index (κ1) is 13.1. The number of rotatable bonds is 2. The van der Waals surface area contributed by atoms with E-state index in [1.54, 1.807) is 18.4 Å². The molecule has 0 bridgehead atoms. The van der Waals surface area contributed by atoms with Crippen molar-refractivity contribution in [1.82, 2.24) is 5.32 Å². The first-order valence-corrected chi connectivity index (χ1v) is 7.09. The van der Waals surface area contributed by atoms with E-state index in [-0.39, 0.29) is 11.8 Å². The highest BCUT2D eigenvalue weighted by Crippen LogP contribution is 2.37. The molecule has 2 N–H and O–H groups in total. The van der Waals surface area contributed by atoms with E-state index >= 15 is 0 Å². The zero-order valence-corrected chi connectivity index (χ0v) is 11.6. The van der Waals surface area contributed by atoms with Crippen molar-refractivity contribution in [3.8, 4) is 0 Å². The normalized spacial score (nSPS) is 14.6. The van der Waals surface area contributed by atoms with Crippen LogP contribution in [0.25, 0.3) is 0 Å². The standard InChI is InChI=1S/C13H18N2O2S/c1-8(16)15-13-11(12(17)14-2)9-6-4-3-5-7-10(9)18-13/h3-7H2,1-2H3,(H,14,17)(H,15,16). The van der Waals surface area contributed by atoms with Crippen molar-refractivity contribution in [2.24, 2.45) is 0 Å². The topological polar surface area (TPSA) is 58.2 Å². The lowest BCUT2D eigenvalue weighted by Gasteiger charge is -2.06. The van der Waals surface area contributed by atoms with Crippen molar-refractivity contribution < 1.29 is 9.59 Å². The number of hydrogen-bond donors (Lipinski definition) is 2. The fraction of sp³-hybridized carbons (Fsp3) is 0.538. The molecule has 1 aliphatic rings. The Hall–Kier alpha value is -1.36. The molecule has 0 fully saturated rings. The molecule has 1 aromatic heterocycles. The molecule has 1 heterocycles. The van der Waals surface area contributed by atoms with E-state index in [9.17, 15) is 9.59 Å². The Morgan fingerprint density at radius 3 is 2.56 bits per heavy atom. The third kappa shape index (κ3) is 2.56. The number of carbonyl (C=O) groups excluding carboxylic acids is 2. The molecule has 18 heavy (non-hydrogen) atoms. The minimum atomic E-state index is -0.128. The maximum atomic E-state index is 12.0. The van der Waals surface area contributed by atoms with E-state index in [0.717, 1.165) is 24.8 Å². The Labute approximate surface area is 111 Å². The quantitative estimate of drug-likeness (QED) is 0.807. The van der Waals surface area contributed by atoms with Crippen LogP contribution in [0.1, 0.15) is 47.0 Å². The molecule has 0 saturated carbocycles. The molecule has 0 aliphatic heterocycles. The molecule has 4 nitrogen and oxygen atoms in total. The molecule has 98 valence electrons. The average molecular weight is 266 g/mol. The van der Waals surface area contributed by atoms with E-state index in [1.807, 2.05) is 0 Å². The van der Waals surface area contributed by atoms with Crippen molar-refractivity contribution >= 4 is 28.2 Å². The summed E-state index contributed by atoms with van der Waals surface area (Å²) in [5.41, 5.74) is 1.82. The van der Waals surface area contributed by atoms with Gasteiger partial charge in [-0.3, -0.25) is 9.59 Å². The summed E-state index contributed by atoms with van der Waals surface area (Å²) in [6, 6.07) is 0. The Morgan fingerprint density at radius 1 is 1.17 bits per heavy atom. The predicted octanol–water partition coefficient (Wildman–Crippen LogP) is 2.33. The third-order valence-corrected chi connectivity index (χ3v) is 4.37. The van der Waals surface area contributed by atoms with Crippen LogP contribution in [0, 0.1) is 0 Å². The second-order valence-electron chi connectivity index (χ2n) is 4.53. The number of fused-ring (bicyclic) bond motifs is 1. The van der Waals surface area contributed by atoms with Gasteiger partial charge in [-0.1, -0.05) is 6.42 Å². The number of thiophene rings is 1. The Bertz CT molecular complexity index is 480. The van der Waals surface area contributed by atoms with Gasteiger partial charge < -0.3 is 10.6 Å². The largest absolute Gasteiger partial charge is 0.355 e. The van der Waals surface area contributed by atoms with Crippen molar-refractivity contribution in [3.05, 3.63) is 16.0 Å². The summed E-state index contributed by atoms with van der Waals surface area (Å²) in [4.78, 5) is 24.5. The van der Waals surface area contributed by atoms with Gasteiger partial charge in [-0.2, -0.15) is 0 Å². The highest BCUT2D eigenvalue weighted by Gasteiger charge is 2.24. The second kappa shape index (κ2) is 5.52. The lowest BCUT2D eigenvalue weighted by Crippen LogP contribution is -2.21. The molecule has 0 radical (unpaired) electrons. The van der Waals surface area contributed by atoms with Crippen LogP contribution < -0.4 is 10.6 Å². The monoisotopic (exact) mass is 266 g/mol. The SMILES string of the molecule is CNC(=O)c1c(NC(C)=O)sc2c1CCCCC2. The molecular formula is C13H18N2O2S. The first-order valence-electron chi connectivity index (χ1n) is 6.27. The lowest BCUT2D eigenvalue weighted by atomic mass is 10.0. The molecule has 1 aromatic rings. The van der Waals surface area contributed by atoms with Crippen LogP contribution in [-0.2, 0) is 17.6 Å². The lowest BCUT2D eigenvalue weighted by molar-refractivity contribution is -0.114. The molecule has 1 aliphatic carbocycles. The molecule has 2 rings (SSSR count). The fourth-order valence-corrected chi connectivity index (χ4v) is 3.69. The highest BCUT2D eigenvalue weighted by molar-refractivity contribution is 7.17. The summed E-state index contributed by atoms with van der Waals surface area (Å²) in [5.74, 6) is -0.227. The van der Waals surface area contributed by atoms with Gasteiger partial charge >= 0.3 is 0 Å². The average Bonchev–Trinajstić information content (AvgIpc) is 2.50. The van der Waals surface area contributed by atoms with Gasteiger partial charge in [0.15, 0.2) is 0 Å². The van der Waals surface area contributed by atoms with Crippen LogP contribution in [-0.4, -0.2) is 18.9 Å². The summed E-state index contributed by atoms with van der Waals surface area (Å²) in [7, 11) is 1.63. The predicted molar refractivity (Wildman–Crippen MR) is 73.3 cm³/mol. The smallest absolute Gasteiger partial charge is 0.254 e. The van der Waals surface area contributed by atoms with Gasteiger partial charge in [0, 0.05) is 18.8 Å². The highest BCUT2D eigenvalue weighted by atomic mass is 32.1. The van der Waals surface area contributed by atoms with E-state index in [0.29, 0.717) is 10.6 Å². The maximum Gasteiger partial charge on any atom is 0.254 e. The van der Waals surface area contributed by atoms with Crippen molar-refractivity contribution in [3.63, 3.8) is 0 Å². The van der Waals surface area contributed by atoms with Crippen LogP contribution in [0.2, 0.25) is 0 Å². The Balaban J connectivity index is 2.46. The van der Waals surface area contributed by atoms with E-state index in [1.165, 1.54) is 24.6 Å². The molecule has 0 spiro atoms. The van der Waals surface area contributed by atoms with Gasteiger partial charge in [-0.15, -0.1) is 11.3 Å². The van der Waals surface area contributed by atoms with Crippen LogP contribution in [0.15, 0.2) is 0 Å². The summed E-state index contributed by atoms with van der Waals surface area (Å²) < 4.78 is 0. The second-order valence-corrected chi connectivity index (χ2v) is 5.63. The summed E-state index contributed by atoms with van der Waals surface area (Å²) in [6.07, 6.45) is 5.45. The van der Waals surface area contributed by atoms with Crippen molar-refractivity contribution in [1.29, 1.82) is 0 Å². The number of carbonyl (C=O) groups is 2. The third-order valence-electron chi connectivity index (χ3n) is 3.16. The van der Waals surface area contributed by atoms with Crippen LogP contribution in [0.4, 0.5) is 5.00 Å². The Kier molecular flexibility index (Phi) is 4.01. The number of aryl methyl sites for hydroxylation is 1. The van der Waals surface area contributed by atoms with E-state index in [2.05, 4.69) is 10.6 Å². The van der Waals surface area contributed by atoms with Gasteiger partial charge in [-0.25, -0.2) is 0 Å². The molecular weight excluding hydrogens is 248 g/mol. The number of anilines is 1. The molecule has 0 atom stereocenters. The maximum absolute atomic E-state index is 12.0. The van der Waals surface area contributed by atoms with Gasteiger partial charge in [0.1, 0.15) is 5.00 Å². The van der Waals surface area contributed by atoms with Gasteiger partial charge in [0.05, 0.1) is 5.56 Å². The van der Waals surface area contributed by atoms with Gasteiger partial charge in [0.2, 0.25) is 5.91 Å². The summed E-state index contributed by atoms with van der Waals surface area (Å²) >= 11 is 1.55. The fourth-order valence-electron chi connectivity index (χ4n) is 2.36. The molecule has 0 aromatic carbocycles. The molecule has 0 unspecified atom stereocenters. The Morgan fingerprint density at radius 2 is 1.89 bits per heavy atom. The zero-order valence-electron chi connectivity index (χ0n) is 10.8. The van der Waals surface area contributed by atoms with Crippen LogP contribution in [0.5, 0.6) is 0 Å². The number of amides is 2. The minimum absolute atomic E-state index is 0.0989. The van der Waals surface area contributed by atoms with Crippen molar-refractivity contribution in [2.45, 2.75) is 39.0 Å². The van der Waals surface area contributed by atoms with Gasteiger partial charge in [-0.05, 0) is 31.2 Å². The van der Waals surface area contributed by atoms with Crippen LogP contribution >= 0.6 is 11.3 Å². The summed E-state index contributed by atoms with van der Waals surface area (Å²) in [5, 5.41) is 6.16. The molecule has 0 saturated heterocycles. The van der Waals surface area contributed by atoms with Gasteiger partial charge in [0.25, 0.3) is 5.91 Å².